The van der Waals surface area contributed by atoms with Crippen LogP contribution in [0.1, 0.15) is 54.4 Å². The third kappa shape index (κ3) is 3.09. The molecule has 3 N–H and O–H groups in total. The monoisotopic (exact) mass is 414 g/mol. The number of hydrogen-bond acceptors (Lipinski definition) is 2. The number of rotatable bonds is 3. The average molecular weight is 415 g/mol. The van der Waals surface area contributed by atoms with E-state index in [0.717, 1.165) is 23.4 Å². The number of halogens is 2. The first-order valence-electron chi connectivity index (χ1n) is 10.1. The topological polar surface area (TPSA) is 55.1 Å². The fraction of sp³-hybridized carbons (Fsp3) is 0.435. The molecule has 4 bridgehead atoms. The largest absolute Gasteiger partial charge is 0.398 e. The highest BCUT2D eigenvalue weighted by molar-refractivity contribution is 6.38. The lowest BCUT2D eigenvalue weighted by Gasteiger charge is -2.57. The van der Waals surface area contributed by atoms with Gasteiger partial charge in [0.15, 0.2) is 0 Å². The van der Waals surface area contributed by atoms with Crippen molar-refractivity contribution in [1.82, 2.24) is 0 Å². The Labute approximate surface area is 175 Å². The van der Waals surface area contributed by atoms with Crippen molar-refractivity contribution in [2.24, 2.45) is 17.8 Å². The quantitative estimate of drug-likeness (QED) is 0.579. The van der Waals surface area contributed by atoms with E-state index >= 15 is 0 Å². The zero-order valence-electron chi connectivity index (χ0n) is 15.7. The number of hydrogen-bond donors (Lipinski definition) is 2. The molecule has 0 radical (unpaired) electrons. The van der Waals surface area contributed by atoms with Gasteiger partial charge in [0.05, 0.1) is 21.3 Å². The number of benzene rings is 2. The number of carbonyl (C=O) groups is 1. The second-order valence-electron chi connectivity index (χ2n) is 9.08. The standard InChI is InChI=1S/C23H24Cl2N2O/c24-19-9-20(25)21(26)8-18(19)22(28)27-17-3-1-16(2-4-17)23-10-13-5-14(11-23)7-15(6-13)12-23/h1-4,8-9,13-15H,5-7,10-12,26H2,(H,27,28). The Hall–Kier alpha value is -1.71. The van der Waals surface area contributed by atoms with E-state index in [1.165, 1.54) is 56.2 Å². The number of nitrogen functional groups attached to an aromatic ring is 1. The van der Waals surface area contributed by atoms with Gasteiger partial charge in [0.1, 0.15) is 0 Å². The zero-order valence-corrected chi connectivity index (χ0v) is 17.2. The van der Waals surface area contributed by atoms with Crippen LogP contribution >= 0.6 is 23.2 Å². The Morgan fingerprint density at radius 2 is 1.50 bits per heavy atom. The summed E-state index contributed by atoms with van der Waals surface area (Å²) in [5.41, 5.74) is 9.06. The van der Waals surface area contributed by atoms with Crippen LogP contribution in [0.2, 0.25) is 10.0 Å². The highest BCUT2D eigenvalue weighted by Gasteiger charge is 2.51. The van der Waals surface area contributed by atoms with Crippen LogP contribution in [0.4, 0.5) is 11.4 Å². The summed E-state index contributed by atoms with van der Waals surface area (Å²) in [6.45, 7) is 0. The van der Waals surface area contributed by atoms with E-state index in [9.17, 15) is 4.79 Å². The molecule has 0 aliphatic heterocycles. The van der Waals surface area contributed by atoms with Gasteiger partial charge in [-0.05, 0) is 91.5 Å². The first kappa shape index (κ1) is 18.3. The summed E-state index contributed by atoms with van der Waals surface area (Å²) in [6, 6.07) is 11.5. The second-order valence-corrected chi connectivity index (χ2v) is 9.90. The molecule has 0 aromatic heterocycles. The van der Waals surface area contributed by atoms with Crippen LogP contribution in [0.3, 0.4) is 0 Å². The van der Waals surface area contributed by atoms with Gasteiger partial charge in [-0.15, -0.1) is 0 Å². The highest BCUT2D eigenvalue weighted by atomic mass is 35.5. The van der Waals surface area contributed by atoms with Crippen molar-refractivity contribution in [2.75, 3.05) is 11.1 Å². The molecule has 0 heterocycles. The van der Waals surface area contributed by atoms with Crippen LogP contribution in [-0.2, 0) is 5.41 Å². The molecule has 4 aliphatic carbocycles. The van der Waals surface area contributed by atoms with E-state index < -0.39 is 0 Å². The van der Waals surface area contributed by atoms with Gasteiger partial charge in [-0.2, -0.15) is 0 Å². The van der Waals surface area contributed by atoms with E-state index in [2.05, 4.69) is 17.4 Å². The molecule has 3 nitrogen and oxygen atoms in total. The summed E-state index contributed by atoms with van der Waals surface area (Å²) in [4.78, 5) is 12.6. The summed E-state index contributed by atoms with van der Waals surface area (Å²) in [5, 5.41) is 3.57. The Kier molecular flexibility index (Phi) is 4.37. The Balaban J connectivity index is 1.35. The van der Waals surface area contributed by atoms with Gasteiger partial charge in [-0.1, -0.05) is 35.3 Å². The first-order valence-corrected chi connectivity index (χ1v) is 10.8. The molecule has 6 rings (SSSR count). The Bertz CT molecular complexity index is 903. The average Bonchev–Trinajstić information content (AvgIpc) is 2.64. The predicted molar refractivity (Wildman–Crippen MR) is 115 cm³/mol. The summed E-state index contributed by atoms with van der Waals surface area (Å²) >= 11 is 12.1. The van der Waals surface area contributed by atoms with Gasteiger partial charge in [0.25, 0.3) is 5.91 Å². The van der Waals surface area contributed by atoms with Gasteiger partial charge in [-0.25, -0.2) is 0 Å². The minimum atomic E-state index is -0.282. The zero-order chi connectivity index (χ0) is 19.5. The number of nitrogens with two attached hydrogens (primary N) is 1. The minimum absolute atomic E-state index is 0.282. The van der Waals surface area contributed by atoms with E-state index in [4.69, 9.17) is 28.9 Å². The van der Waals surface area contributed by atoms with Crippen molar-refractivity contribution in [2.45, 2.75) is 43.9 Å². The fourth-order valence-electron chi connectivity index (χ4n) is 6.31. The third-order valence-corrected chi connectivity index (χ3v) is 7.76. The van der Waals surface area contributed by atoms with Crippen LogP contribution in [0.5, 0.6) is 0 Å². The van der Waals surface area contributed by atoms with Gasteiger partial charge in [-0.3, -0.25) is 4.79 Å². The van der Waals surface area contributed by atoms with Gasteiger partial charge >= 0.3 is 0 Å². The molecule has 4 saturated carbocycles. The van der Waals surface area contributed by atoms with E-state index in [1.807, 2.05) is 12.1 Å². The van der Waals surface area contributed by atoms with Crippen LogP contribution in [0.15, 0.2) is 36.4 Å². The molecule has 4 fully saturated rings. The molecule has 0 spiro atoms. The van der Waals surface area contributed by atoms with Crippen molar-refractivity contribution in [3.8, 4) is 0 Å². The van der Waals surface area contributed by atoms with Crippen molar-refractivity contribution < 1.29 is 4.79 Å². The molecule has 5 heteroatoms. The lowest BCUT2D eigenvalue weighted by molar-refractivity contribution is -0.00518. The van der Waals surface area contributed by atoms with E-state index in [1.54, 1.807) is 0 Å². The molecule has 0 saturated heterocycles. The molecule has 146 valence electrons. The van der Waals surface area contributed by atoms with Gasteiger partial charge < -0.3 is 11.1 Å². The fourth-order valence-corrected chi connectivity index (χ4v) is 6.78. The molecule has 1 amide bonds. The number of nitrogens with one attached hydrogen (secondary N) is 1. The van der Waals surface area contributed by atoms with Crippen LogP contribution in [-0.4, -0.2) is 5.91 Å². The maximum Gasteiger partial charge on any atom is 0.257 e. The lowest BCUT2D eigenvalue weighted by Crippen LogP contribution is -2.48. The molecule has 0 unspecified atom stereocenters. The van der Waals surface area contributed by atoms with Crippen LogP contribution in [0.25, 0.3) is 0 Å². The smallest absolute Gasteiger partial charge is 0.257 e. The van der Waals surface area contributed by atoms with Crippen LogP contribution in [0, 0.1) is 17.8 Å². The van der Waals surface area contributed by atoms with Crippen molar-refractivity contribution >= 4 is 40.5 Å². The Morgan fingerprint density at radius 3 is 2.07 bits per heavy atom. The summed E-state index contributed by atoms with van der Waals surface area (Å²) in [5.74, 6) is 2.48. The first-order chi connectivity index (χ1) is 13.4. The number of amides is 1. The third-order valence-electron chi connectivity index (χ3n) is 7.12. The summed E-state index contributed by atoms with van der Waals surface area (Å²) in [6.07, 6.45) is 8.34. The Morgan fingerprint density at radius 1 is 0.929 bits per heavy atom. The lowest BCUT2D eigenvalue weighted by atomic mass is 9.48. The number of anilines is 2. The second kappa shape index (κ2) is 6.67. The van der Waals surface area contributed by atoms with E-state index in [-0.39, 0.29) is 5.91 Å². The molecular weight excluding hydrogens is 391 g/mol. The SMILES string of the molecule is Nc1cc(C(=O)Nc2ccc(C34CC5CC(CC(C5)C3)C4)cc2)c(Cl)cc1Cl. The predicted octanol–water partition coefficient (Wildman–Crippen LogP) is 6.30. The summed E-state index contributed by atoms with van der Waals surface area (Å²) < 4.78 is 0. The molecule has 28 heavy (non-hydrogen) atoms. The normalized spacial score (nSPS) is 30.4. The van der Waals surface area contributed by atoms with Crippen LogP contribution < -0.4 is 11.1 Å². The molecule has 2 aromatic carbocycles. The number of carbonyl (C=O) groups excluding carboxylic acids is 1. The van der Waals surface area contributed by atoms with Crippen molar-refractivity contribution in [3.05, 3.63) is 57.6 Å². The van der Waals surface area contributed by atoms with Crippen molar-refractivity contribution in [3.63, 3.8) is 0 Å². The molecule has 4 aliphatic rings. The highest BCUT2D eigenvalue weighted by Crippen LogP contribution is 2.60. The van der Waals surface area contributed by atoms with Gasteiger partial charge in [0.2, 0.25) is 0 Å². The maximum atomic E-state index is 12.6. The maximum absolute atomic E-state index is 12.6. The summed E-state index contributed by atoms with van der Waals surface area (Å²) in [7, 11) is 0. The van der Waals surface area contributed by atoms with Crippen molar-refractivity contribution in [1.29, 1.82) is 0 Å². The molecule has 0 atom stereocenters. The molecular formula is C23H24Cl2N2O. The van der Waals surface area contributed by atoms with E-state index in [0.29, 0.717) is 26.7 Å². The molecule has 2 aromatic rings. The van der Waals surface area contributed by atoms with Gasteiger partial charge in [0, 0.05) is 5.69 Å². The minimum Gasteiger partial charge on any atom is -0.398 e.